The Labute approximate surface area is 163 Å². The van der Waals surface area contributed by atoms with Gasteiger partial charge in [0.2, 0.25) is 0 Å². The molecule has 1 saturated heterocycles. The first kappa shape index (κ1) is 21.3. The van der Waals surface area contributed by atoms with Crippen LogP contribution in [0.1, 0.15) is 45.3 Å². The molecule has 2 heterocycles. The molecule has 24 heavy (non-hydrogen) atoms. The minimum absolute atomic E-state index is 0. The Morgan fingerprint density at radius 2 is 2.25 bits per heavy atom. The number of halogens is 1. The average Bonchev–Trinajstić information content (AvgIpc) is 3.06. The first-order valence-electron chi connectivity index (χ1n) is 9.08. The Kier molecular flexibility index (Phi) is 11.2. The van der Waals surface area contributed by atoms with Gasteiger partial charge in [0, 0.05) is 38.6 Å². The van der Waals surface area contributed by atoms with Crippen molar-refractivity contribution in [1.82, 2.24) is 15.5 Å². The van der Waals surface area contributed by atoms with Crippen molar-refractivity contribution in [1.29, 1.82) is 0 Å². The van der Waals surface area contributed by atoms with Crippen LogP contribution in [0.4, 0.5) is 0 Å². The van der Waals surface area contributed by atoms with E-state index in [1.807, 2.05) is 12.1 Å². The van der Waals surface area contributed by atoms with Crippen molar-refractivity contribution in [3.8, 4) is 0 Å². The molecule has 1 fully saturated rings. The van der Waals surface area contributed by atoms with Gasteiger partial charge in [-0.05, 0) is 51.8 Å². The maximum Gasteiger partial charge on any atom is 0.191 e. The summed E-state index contributed by atoms with van der Waals surface area (Å²) in [5, 5.41) is 6.68. The molecule has 1 aliphatic rings. The standard InChI is InChI=1S/C18H32N4O.HI/c1-3-19-18(21-12-10-17-9-6-15-23-17)20-11-7-14-22-13-5-4-8-16(22)2;/h6,9,15-16H,3-5,7-8,10-14H2,1-2H3,(H2,19,20,21);1H. The van der Waals surface area contributed by atoms with Crippen LogP contribution in [0.15, 0.2) is 27.8 Å². The molecule has 138 valence electrons. The number of piperidine rings is 1. The van der Waals surface area contributed by atoms with Crippen LogP contribution in [0, 0.1) is 0 Å². The molecular formula is C18H33IN4O. The minimum Gasteiger partial charge on any atom is -0.469 e. The smallest absolute Gasteiger partial charge is 0.191 e. The molecule has 0 aliphatic carbocycles. The predicted octanol–water partition coefficient (Wildman–Crippen LogP) is 3.26. The van der Waals surface area contributed by atoms with Gasteiger partial charge < -0.3 is 20.0 Å². The quantitative estimate of drug-likeness (QED) is 0.278. The summed E-state index contributed by atoms with van der Waals surface area (Å²) in [5.41, 5.74) is 0. The summed E-state index contributed by atoms with van der Waals surface area (Å²) in [5.74, 6) is 1.91. The van der Waals surface area contributed by atoms with E-state index in [1.165, 1.54) is 25.8 Å². The first-order chi connectivity index (χ1) is 11.3. The van der Waals surface area contributed by atoms with Gasteiger partial charge in [0.1, 0.15) is 5.76 Å². The van der Waals surface area contributed by atoms with E-state index in [0.717, 1.165) is 56.8 Å². The largest absolute Gasteiger partial charge is 0.469 e. The van der Waals surface area contributed by atoms with Crippen LogP contribution < -0.4 is 10.6 Å². The molecule has 2 rings (SSSR count). The fraction of sp³-hybridized carbons (Fsp3) is 0.722. The number of hydrogen-bond acceptors (Lipinski definition) is 3. The van der Waals surface area contributed by atoms with Crippen LogP contribution in [0.25, 0.3) is 0 Å². The van der Waals surface area contributed by atoms with E-state index in [4.69, 9.17) is 4.42 Å². The van der Waals surface area contributed by atoms with Crippen molar-refractivity contribution >= 4 is 29.9 Å². The number of aliphatic imine (C=N–C) groups is 1. The van der Waals surface area contributed by atoms with Crippen molar-refractivity contribution in [2.75, 3.05) is 32.7 Å². The molecule has 1 atom stereocenters. The van der Waals surface area contributed by atoms with E-state index in [1.54, 1.807) is 6.26 Å². The van der Waals surface area contributed by atoms with Crippen molar-refractivity contribution in [3.05, 3.63) is 24.2 Å². The van der Waals surface area contributed by atoms with Crippen LogP contribution in [-0.2, 0) is 6.42 Å². The third-order valence-corrected chi connectivity index (χ3v) is 4.40. The molecule has 0 aromatic carbocycles. The lowest BCUT2D eigenvalue weighted by molar-refractivity contribution is 0.160. The van der Waals surface area contributed by atoms with E-state index in [-0.39, 0.29) is 24.0 Å². The summed E-state index contributed by atoms with van der Waals surface area (Å²) in [6.07, 6.45) is 7.81. The van der Waals surface area contributed by atoms with Gasteiger partial charge in [-0.1, -0.05) is 6.42 Å². The molecule has 1 aliphatic heterocycles. The molecule has 1 aromatic rings. The highest BCUT2D eigenvalue weighted by Crippen LogP contribution is 2.16. The highest BCUT2D eigenvalue weighted by Gasteiger charge is 2.16. The molecule has 0 amide bonds. The number of hydrogen-bond donors (Lipinski definition) is 2. The molecule has 5 nitrogen and oxygen atoms in total. The Morgan fingerprint density at radius 1 is 1.38 bits per heavy atom. The zero-order valence-electron chi connectivity index (χ0n) is 15.1. The number of nitrogens with zero attached hydrogens (tertiary/aromatic N) is 2. The van der Waals surface area contributed by atoms with Gasteiger partial charge in [0.25, 0.3) is 0 Å². The lowest BCUT2D eigenvalue weighted by Gasteiger charge is -2.33. The van der Waals surface area contributed by atoms with Crippen molar-refractivity contribution < 1.29 is 4.42 Å². The number of furan rings is 1. The van der Waals surface area contributed by atoms with E-state index >= 15 is 0 Å². The van der Waals surface area contributed by atoms with Gasteiger partial charge in [-0.15, -0.1) is 24.0 Å². The van der Waals surface area contributed by atoms with E-state index in [2.05, 4.69) is 34.4 Å². The fourth-order valence-corrected chi connectivity index (χ4v) is 3.06. The van der Waals surface area contributed by atoms with Crippen molar-refractivity contribution in [3.63, 3.8) is 0 Å². The Morgan fingerprint density at radius 3 is 2.96 bits per heavy atom. The van der Waals surface area contributed by atoms with Crippen LogP contribution >= 0.6 is 24.0 Å². The number of nitrogens with one attached hydrogen (secondary N) is 2. The summed E-state index contributed by atoms with van der Waals surface area (Å²) in [6.45, 7) is 9.46. The molecule has 0 saturated carbocycles. The van der Waals surface area contributed by atoms with E-state index < -0.39 is 0 Å². The van der Waals surface area contributed by atoms with E-state index in [0.29, 0.717) is 0 Å². The van der Waals surface area contributed by atoms with Gasteiger partial charge in [-0.3, -0.25) is 4.99 Å². The zero-order valence-corrected chi connectivity index (χ0v) is 17.4. The maximum absolute atomic E-state index is 5.35. The third kappa shape index (κ3) is 7.88. The molecule has 0 bridgehead atoms. The molecule has 1 aromatic heterocycles. The van der Waals surface area contributed by atoms with Crippen LogP contribution in [0.2, 0.25) is 0 Å². The predicted molar refractivity (Wildman–Crippen MR) is 111 cm³/mol. The van der Waals surface area contributed by atoms with Gasteiger partial charge in [0.05, 0.1) is 6.26 Å². The number of rotatable bonds is 8. The molecule has 1 unspecified atom stereocenters. The minimum atomic E-state index is 0. The van der Waals surface area contributed by atoms with Crippen LogP contribution in [0.5, 0.6) is 0 Å². The third-order valence-electron chi connectivity index (χ3n) is 4.40. The summed E-state index contributed by atoms with van der Waals surface area (Å²) in [7, 11) is 0. The number of guanidine groups is 1. The molecule has 2 N–H and O–H groups in total. The highest BCUT2D eigenvalue weighted by atomic mass is 127. The fourth-order valence-electron chi connectivity index (χ4n) is 3.06. The Bertz CT molecular complexity index is 450. The van der Waals surface area contributed by atoms with Crippen molar-refractivity contribution in [2.45, 2.75) is 52.0 Å². The van der Waals surface area contributed by atoms with Gasteiger partial charge in [-0.2, -0.15) is 0 Å². The second kappa shape index (κ2) is 12.6. The summed E-state index contributed by atoms with van der Waals surface area (Å²) in [6, 6.07) is 4.68. The van der Waals surface area contributed by atoms with Gasteiger partial charge in [0.15, 0.2) is 5.96 Å². The molecule has 0 radical (unpaired) electrons. The molecule has 6 heteroatoms. The Balaban J connectivity index is 0.00000288. The Hall–Kier alpha value is -0.760. The lowest BCUT2D eigenvalue weighted by atomic mass is 10.0. The normalized spacial score (nSPS) is 18.9. The monoisotopic (exact) mass is 448 g/mol. The van der Waals surface area contributed by atoms with Gasteiger partial charge in [-0.25, -0.2) is 0 Å². The highest BCUT2D eigenvalue weighted by molar-refractivity contribution is 14.0. The van der Waals surface area contributed by atoms with Crippen LogP contribution in [-0.4, -0.2) is 49.6 Å². The van der Waals surface area contributed by atoms with Gasteiger partial charge >= 0.3 is 0 Å². The zero-order chi connectivity index (χ0) is 16.3. The topological polar surface area (TPSA) is 52.8 Å². The van der Waals surface area contributed by atoms with Crippen LogP contribution in [0.3, 0.4) is 0 Å². The summed E-state index contributed by atoms with van der Waals surface area (Å²) >= 11 is 0. The second-order valence-electron chi connectivity index (χ2n) is 6.25. The maximum atomic E-state index is 5.35. The summed E-state index contributed by atoms with van der Waals surface area (Å²) < 4.78 is 5.35. The second-order valence-corrected chi connectivity index (χ2v) is 6.25. The number of likely N-dealkylation sites (tertiary alicyclic amines) is 1. The molecule has 0 spiro atoms. The lowest BCUT2D eigenvalue weighted by Crippen LogP contribution is -2.39. The van der Waals surface area contributed by atoms with Crippen molar-refractivity contribution in [2.24, 2.45) is 4.99 Å². The van der Waals surface area contributed by atoms with E-state index in [9.17, 15) is 0 Å². The molecular weight excluding hydrogens is 415 g/mol. The summed E-state index contributed by atoms with van der Waals surface area (Å²) in [4.78, 5) is 7.29. The SMILES string of the molecule is CCNC(=NCCCN1CCCCC1C)NCCc1ccco1.I. The average molecular weight is 448 g/mol. The first-order valence-corrected chi connectivity index (χ1v) is 9.08.